The molecular formula is C17H26BrClN2O2. The summed E-state index contributed by atoms with van der Waals surface area (Å²) in [6, 6.07) is 4.42. The van der Waals surface area contributed by atoms with Crippen molar-refractivity contribution < 1.29 is 9.47 Å². The quantitative estimate of drug-likeness (QED) is 0.704. The standard InChI is InChI=1S/C17H25BrN2O2.ClH/c1-4-6-22-17-14(18)7-13(8-16(17)21-5-2)10-20-9-12(3)15(19)11-20;/h4,7-8,12,15H,1,5-6,9-11,19H2,2-3H3;1H. The number of nitrogens with zero attached hydrogens (tertiary/aromatic N) is 1. The lowest BCUT2D eigenvalue weighted by atomic mass is 10.1. The maximum atomic E-state index is 6.10. The summed E-state index contributed by atoms with van der Waals surface area (Å²) in [5.74, 6) is 2.05. The van der Waals surface area contributed by atoms with Crippen LogP contribution in [0.3, 0.4) is 0 Å². The van der Waals surface area contributed by atoms with Crippen LogP contribution in [0.1, 0.15) is 19.4 Å². The zero-order chi connectivity index (χ0) is 16.1. The summed E-state index contributed by atoms with van der Waals surface area (Å²) in [6.07, 6.45) is 1.73. The molecule has 0 spiro atoms. The van der Waals surface area contributed by atoms with Crippen molar-refractivity contribution in [1.29, 1.82) is 0 Å². The molecule has 1 aliphatic rings. The van der Waals surface area contributed by atoms with Gasteiger partial charge >= 0.3 is 0 Å². The summed E-state index contributed by atoms with van der Waals surface area (Å²) >= 11 is 3.59. The molecule has 23 heavy (non-hydrogen) atoms. The number of hydrogen-bond acceptors (Lipinski definition) is 4. The minimum Gasteiger partial charge on any atom is -0.490 e. The summed E-state index contributed by atoms with van der Waals surface area (Å²) in [7, 11) is 0. The highest BCUT2D eigenvalue weighted by Gasteiger charge is 2.26. The van der Waals surface area contributed by atoms with E-state index in [9.17, 15) is 0 Å². The van der Waals surface area contributed by atoms with Crippen LogP contribution in [-0.2, 0) is 6.54 Å². The van der Waals surface area contributed by atoms with E-state index in [4.69, 9.17) is 15.2 Å². The molecule has 0 amide bonds. The van der Waals surface area contributed by atoms with Crippen molar-refractivity contribution in [2.24, 2.45) is 11.7 Å². The van der Waals surface area contributed by atoms with E-state index < -0.39 is 0 Å². The molecule has 1 saturated heterocycles. The van der Waals surface area contributed by atoms with Gasteiger partial charge < -0.3 is 15.2 Å². The fourth-order valence-electron chi connectivity index (χ4n) is 2.74. The van der Waals surface area contributed by atoms with E-state index in [1.807, 2.05) is 6.92 Å². The van der Waals surface area contributed by atoms with Crippen molar-refractivity contribution in [1.82, 2.24) is 4.90 Å². The molecule has 1 aliphatic heterocycles. The minimum atomic E-state index is 0. The van der Waals surface area contributed by atoms with Crippen LogP contribution in [0, 0.1) is 5.92 Å². The molecule has 2 atom stereocenters. The van der Waals surface area contributed by atoms with Crippen LogP contribution < -0.4 is 15.2 Å². The average molecular weight is 406 g/mol. The highest BCUT2D eigenvalue weighted by Crippen LogP contribution is 2.37. The Hall–Kier alpha value is -0.750. The number of benzene rings is 1. The molecule has 0 aliphatic carbocycles. The van der Waals surface area contributed by atoms with E-state index in [1.54, 1.807) is 6.08 Å². The summed E-state index contributed by atoms with van der Waals surface area (Å²) in [5.41, 5.74) is 7.30. The zero-order valence-corrected chi connectivity index (χ0v) is 16.2. The second kappa shape index (κ2) is 9.52. The monoisotopic (exact) mass is 404 g/mol. The molecule has 130 valence electrons. The van der Waals surface area contributed by atoms with Crippen LogP contribution >= 0.6 is 28.3 Å². The Kier molecular flexibility index (Phi) is 8.40. The van der Waals surface area contributed by atoms with Gasteiger partial charge in [-0.3, -0.25) is 4.90 Å². The van der Waals surface area contributed by atoms with Gasteiger partial charge in [0.2, 0.25) is 0 Å². The number of hydrogen-bond donors (Lipinski definition) is 1. The van der Waals surface area contributed by atoms with Crippen molar-refractivity contribution in [3.63, 3.8) is 0 Å². The first kappa shape index (κ1) is 20.3. The Bertz CT molecular complexity index is 518. The van der Waals surface area contributed by atoms with E-state index in [0.29, 0.717) is 19.1 Å². The molecule has 4 nitrogen and oxygen atoms in total. The average Bonchev–Trinajstić information content (AvgIpc) is 2.76. The summed E-state index contributed by atoms with van der Waals surface area (Å²) < 4.78 is 12.3. The predicted molar refractivity (Wildman–Crippen MR) is 101 cm³/mol. The Labute approximate surface area is 153 Å². The van der Waals surface area contributed by atoms with Gasteiger partial charge in [-0.25, -0.2) is 0 Å². The lowest BCUT2D eigenvalue weighted by Crippen LogP contribution is -2.28. The number of rotatable bonds is 7. The summed E-state index contributed by atoms with van der Waals surface area (Å²) in [5, 5.41) is 0. The summed E-state index contributed by atoms with van der Waals surface area (Å²) in [6.45, 7) is 11.8. The van der Waals surface area contributed by atoms with E-state index in [2.05, 4.69) is 46.5 Å². The zero-order valence-electron chi connectivity index (χ0n) is 13.8. The lowest BCUT2D eigenvalue weighted by molar-refractivity contribution is 0.291. The normalized spacial score (nSPS) is 20.9. The molecule has 6 heteroatoms. The highest BCUT2D eigenvalue weighted by atomic mass is 79.9. The van der Waals surface area contributed by atoms with Crippen LogP contribution in [-0.4, -0.2) is 37.2 Å². The number of halogens is 2. The smallest absolute Gasteiger partial charge is 0.175 e. The van der Waals surface area contributed by atoms with Gasteiger partial charge in [-0.2, -0.15) is 0 Å². The van der Waals surface area contributed by atoms with Crippen molar-refractivity contribution in [3.05, 3.63) is 34.8 Å². The third kappa shape index (κ3) is 5.38. The third-order valence-electron chi connectivity index (χ3n) is 3.87. The highest BCUT2D eigenvalue weighted by molar-refractivity contribution is 9.10. The third-order valence-corrected chi connectivity index (χ3v) is 4.46. The van der Waals surface area contributed by atoms with Gasteiger partial charge in [-0.15, -0.1) is 12.4 Å². The van der Waals surface area contributed by atoms with Gasteiger partial charge in [0.1, 0.15) is 6.61 Å². The molecule has 1 aromatic rings. The van der Waals surface area contributed by atoms with E-state index >= 15 is 0 Å². The molecule has 1 aromatic carbocycles. The Balaban J connectivity index is 0.00000264. The van der Waals surface area contributed by atoms with Crippen molar-refractivity contribution in [2.75, 3.05) is 26.3 Å². The number of likely N-dealkylation sites (tertiary alicyclic amines) is 1. The number of nitrogens with two attached hydrogens (primary N) is 1. The molecule has 2 unspecified atom stereocenters. The van der Waals surface area contributed by atoms with Gasteiger partial charge in [0, 0.05) is 25.7 Å². The number of ether oxygens (including phenoxy) is 2. The molecule has 0 bridgehead atoms. The van der Waals surface area contributed by atoms with E-state index in [0.717, 1.165) is 35.6 Å². The maximum absolute atomic E-state index is 6.10. The van der Waals surface area contributed by atoms with Crippen molar-refractivity contribution >= 4 is 28.3 Å². The second-order valence-corrected chi connectivity index (χ2v) is 6.63. The molecule has 2 N–H and O–H groups in total. The molecule has 1 heterocycles. The molecule has 2 rings (SSSR count). The van der Waals surface area contributed by atoms with Crippen molar-refractivity contribution in [3.8, 4) is 11.5 Å². The van der Waals surface area contributed by atoms with Crippen LogP contribution in [0.5, 0.6) is 11.5 Å². The fourth-order valence-corrected chi connectivity index (χ4v) is 3.34. The van der Waals surface area contributed by atoms with Crippen LogP contribution in [0.2, 0.25) is 0 Å². The van der Waals surface area contributed by atoms with Gasteiger partial charge in [0.25, 0.3) is 0 Å². The lowest BCUT2D eigenvalue weighted by Gasteiger charge is -2.18. The maximum Gasteiger partial charge on any atom is 0.175 e. The fraction of sp³-hybridized carbons (Fsp3) is 0.529. The molecule has 0 aromatic heterocycles. The SMILES string of the molecule is C=CCOc1c(Br)cc(CN2CC(C)C(N)C2)cc1OCC.Cl. The largest absolute Gasteiger partial charge is 0.490 e. The van der Waals surface area contributed by atoms with Gasteiger partial charge in [-0.05, 0) is 46.5 Å². The molecule has 0 saturated carbocycles. The Morgan fingerprint density at radius 3 is 2.70 bits per heavy atom. The topological polar surface area (TPSA) is 47.7 Å². The predicted octanol–water partition coefficient (Wildman–Crippen LogP) is 3.61. The van der Waals surface area contributed by atoms with E-state index in [-0.39, 0.29) is 18.4 Å². The molecular weight excluding hydrogens is 380 g/mol. The van der Waals surface area contributed by atoms with Crippen molar-refractivity contribution in [2.45, 2.75) is 26.4 Å². The second-order valence-electron chi connectivity index (χ2n) is 5.77. The van der Waals surface area contributed by atoms with Gasteiger partial charge in [0.15, 0.2) is 11.5 Å². The first-order valence-corrected chi connectivity index (χ1v) is 8.51. The van der Waals surface area contributed by atoms with Crippen LogP contribution in [0.4, 0.5) is 0 Å². The Morgan fingerprint density at radius 1 is 1.39 bits per heavy atom. The minimum absolute atomic E-state index is 0. The first-order chi connectivity index (χ1) is 10.5. The van der Waals surface area contributed by atoms with Crippen LogP contribution in [0.15, 0.2) is 29.3 Å². The van der Waals surface area contributed by atoms with E-state index in [1.165, 1.54) is 5.56 Å². The Morgan fingerprint density at radius 2 is 2.13 bits per heavy atom. The summed E-state index contributed by atoms with van der Waals surface area (Å²) in [4.78, 5) is 2.39. The first-order valence-electron chi connectivity index (χ1n) is 7.72. The van der Waals surface area contributed by atoms with Gasteiger partial charge in [0.05, 0.1) is 11.1 Å². The van der Waals surface area contributed by atoms with Crippen LogP contribution in [0.25, 0.3) is 0 Å². The molecule has 1 fully saturated rings. The molecule has 0 radical (unpaired) electrons. The van der Waals surface area contributed by atoms with Gasteiger partial charge in [-0.1, -0.05) is 19.6 Å².